The predicted octanol–water partition coefficient (Wildman–Crippen LogP) is 8.51. The third-order valence-electron chi connectivity index (χ3n) is 8.86. The van der Waals surface area contributed by atoms with Crippen LogP contribution in [0, 0.1) is 11.3 Å². The van der Waals surface area contributed by atoms with Crippen molar-refractivity contribution in [3.63, 3.8) is 0 Å². The number of alkyl halides is 3. The summed E-state index contributed by atoms with van der Waals surface area (Å²) in [7, 11) is 0. The molecule has 0 aromatic carbocycles. The molecule has 0 spiro atoms. The van der Waals surface area contributed by atoms with E-state index in [0.29, 0.717) is 18.3 Å². The number of hydrogen-bond donors (Lipinski definition) is 1. The maximum atomic E-state index is 13.1. The molecule has 1 aliphatic heterocycles. The molecule has 16 heteroatoms. The lowest BCUT2D eigenvalue weighted by atomic mass is 9.93. The number of hydrogen-bond acceptors (Lipinski definition) is 8. The average molecular weight is 742 g/mol. The summed E-state index contributed by atoms with van der Waals surface area (Å²) < 4.78 is 56.4. The van der Waals surface area contributed by atoms with Crippen molar-refractivity contribution < 1.29 is 32.2 Å². The van der Waals surface area contributed by atoms with Gasteiger partial charge in [-0.3, -0.25) is 14.2 Å². The minimum atomic E-state index is -4.23. The van der Waals surface area contributed by atoms with E-state index in [1.54, 1.807) is 18.5 Å². The maximum Gasteiger partial charge on any atom is 0.410 e. The highest BCUT2D eigenvalue weighted by Crippen LogP contribution is 2.59. The van der Waals surface area contributed by atoms with Crippen LogP contribution in [0.15, 0.2) is 41.7 Å². The van der Waals surface area contributed by atoms with E-state index in [4.69, 9.17) is 21.1 Å². The number of likely N-dealkylation sites (tertiary alicyclic amines) is 1. The third kappa shape index (κ3) is 9.86. The number of nitrogens with one attached hydrogen (secondary N) is 1. The molecule has 2 amide bonds. The fraction of sp³-hybridized carbons (Fsp3) is 0.618. The second kappa shape index (κ2) is 15.4. The number of carbonyl (C=O) groups excluding carboxylic acids is 2. The van der Waals surface area contributed by atoms with Crippen molar-refractivity contribution in [3.8, 4) is 11.7 Å². The van der Waals surface area contributed by atoms with Gasteiger partial charge in [-0.25, -0.2) is 14.5 Å². The predicted molar refractivity (Wildman–Crippen MR) is 185 cm³/mol. The summed E-state index contributed by atoms with van der Waals surface area (Å²) in [6, 6.07) is 4.60. The van der Waals surface area contributed by atoms with Crippen LogP contribution in [0.3, 0.4) is 0 Å². The molecule has 11 nitrogen and oxygen atoms in total. The molecule has 0 bridgehead atoms. The first-order chi connectivity index (χ1) is 22.9. The zero-order chi connectivity index (χ0) is 35.6. The van der Waals surface area contributed by atoms with Crippen molar-refractivity contribution in [2.45, 2.75) is 116 Å². The van der Waals surface area contributed by atoms with Gasteiger partial charge in [-0.05, 0) is 103 Å². The highest BCUT2D eigenvalue weighted by molar-refractivity contribution is 7.98. The summed E-state index contributed by atoms with van der Waals surface area (Å²) in [5.74, 6) is 0.461. The van der Waals surface area contributed by atoms with Crippen LogP contribution < -0.4 is 9.46 Å². The SMILES string of the molecule is C.CC(C)(C)OC(=O)N1CC(CCCCn2cc(SNC(=O)c3ccc(-n4ccc(OCCC5(C(F)(F)F)CC5)n4)nc3Cl)cn2)CC1(C)C. The van der Waals surface area contributed by atoms with E-state index < -0.39 is 23.1 Å². The lowest BCUT2D eigenvalue weighted by molar-refractivity contribution is -0.190. The average Bonchev–Trinajstić information content (AvgIpc) is 3.30. The van der Waals surface area contributed by atoms with Gasteiger partial charge >= 0.3 is 12.3 Å². The van der Waals surface area contributed by atoms with Crippen LogP contribution >= 0.6 is 23.5 Å². The van der Waals surface area contributed by atoms with E-state index in [1.165, 1.54) is 16.8 Å². The number of rotatable bonds is 13. The zero-order valence-electron chi connectivity index (χ0n) is 28.3. The summed E-state index contributed by atoms with van der Waals surface area (Å²) >= 11 is 7.45. The minimum Gasteiger partial charge on any atom is -0.477 e. The first-order valence-corrected chi connectivity index (χ1v) is 17.6. The quantitative estimate of drug-likeness (QED) is 0.105. The van der Waals surface area contributed by atoms with Crippen molar-refractivity contribution >= 4 is 35.5 Å². The Morgan fingerprint density at radius 3 is 2.54 bits per heavy atom. The number of halogens is 4. The van der Waals surface area contributed by atoms with Gasteiger partial charge in [-0.15, -0.1) is 5.10 Å². The van der Waals surface area contributed by atoms with Crippen LogP contribution in [0.2, 0.25) is 5.15 Å². The van der Waals surface area contributed by atoms with Crippen molar-refractivity contribution in [1.29, 1.82) is 0 Å². The minimum absolute atomic E-state index is 0. The van der Waals surface area contributed by atoms with Gasteiger partial charge in [0.1, 0.15) is 10.8 Å². The summed E-state index contributed by atoms with van der Waals surface area (Å²) in [5.41, 5.74) is -2.23. The van der Waals surface area contributed by atoms with Gasteiger partial charge in [0.15, 0.2) is 5.82 Å². The molecule has 276 valence electrons. The highest BCUT2D eigenvalue weighted by Gasteiger charge is 2.62. The van der Waals surface area contributed by atoms with Gasteiger partial charge in [0.05, 0.1) is 28.7 Å². The van der Waals surface area contributed by atoms with Gasteiger partial charge < -0.3 is 14.4 Å². The van der Waals surface area contributed by atoms with E-state index in [9.17, 15) is 22.8 Å². The first kappa shape index (κ1) is 39.3. The number of pyridine rings is 1. The number of aromatic nitrogens is 5. The van der Waals surface area contributed by atoms with Gasteiger partial charge in [0.2, 0.25) is 5.88 Å². The van der Waals surface area contributed by atoms with Crippen molar-refractivity contribution in [3.05, 3.63) is 47.5 Å². The van der Waals surface area contributed by atoms with Crippen LogP contribution in [-0.2, 0) is 11.3 Å². The van der Waals surface area contributed by atoms with Crippen molar-refractivity contribution in [2.75, 3.05) is 13.2 Å². The van der Waals surface area contributed by atoms with Crippen LogP contribution in [-0.4, -0.2) is 71.9 Å². The molecule has 3 aromatic heterocycles. The summed E-state index contributed by atoms with van der Waals surface area (Å²) in [6.45, 7) is 11.1. The van der Waals surface area contributed by atoms with E-state index >= 15 is 0 Å². The molecule has 2 fully saturated rings. The van der Waals surface area contributed by atoms with E-state index in [1.807, 2.05) is 36.5 Å². The van der Waals surface area contributed by atoms with Gasteiger partial charge in [-0.1, -0.05) is 25.4 Å². The monoisotopic (exact) mass is 741 g/mol. The van der Waals surface area contributed by atoms with Crippen molar-refractivity contribution in [2.24, 2.45) is 11.3 Å². The van der Waals surface area contributed by atoms with E-state index in [-0.39, 0.29) is 61.5 Å². The van der Waals surface area contributed by atoms with E-state index in [2.05, 4.69) is 33.8 Å². The molecule has 2 aliphatic rings. The summed E-state index contributed by atoms with van der Waals surface area (Å²) in [5, 5.41) is 8.58. The van der Waals surface area contributed by atoms with Crippen LogP contribution in [0.25, 0.3) is 5.82 Å². The zero-order valence-corrected chi connectivity index (χ0v) is 29.9. The summed E-state index contributed by atoms with van der Waals surface area (Å²) in [4.78, 5) is 32.4. The van der Waals surface area contributed by atoms with Gasteiger partial charge in [-0.2, -0.15) is 18.3 Å². The Bertz CT molecular complexity index is 1630. The molecular weight excluding hydrogens is 695 g/mol. The fourth-order valence-corrected chi connectivity index (χ4v) is 6.85. The Morgan fingerprint density at radius 1 is 1.14 bits per heavy atom. The third-order valence-corrected chi connectivity index (χ3v) is 9.88. The Morgan fingerprint density at radius 2 is 1.88 bits per heavy atom. The van der Waals surface area contributed by atoms with Gasteiger partial charge in [0, 0.05) is 37.1 Å². The van der Waals surface area contributed by atoms with E-state index in [0.717, 1.165) is 49.1 Å². The molecule has 1 saturated heterocycles. The lowest BCUT2D eigenvalue weighted by Gasteiger charge is -2.33. The maximum absolute atomic E-state index is 13.1. The number of unbranched alkanes of at least 4 members (excludes halogenated alkanes) is 1. The largest absolute Gasteiger partial charge is 0.477 e. The highest BCUT2D eigenvalue weighted by atomic mass is 35.5. The molecule has 1 atom stereocenters. The molecule has 1 saturated carbocycles. The molecular formula is C34H47ClF3N7O4S. The first-order valence-electron chi connectivity index (χ1n) is 16.4. The topological polar surface area (TPSA) is 116 Å². The summed E-state index contributed by atoms with van der Waals surface area (Å²) in [6.07, 6.45) is 4.62. The molecule has 3 aromatic rings. The Labute approximate surface area is 300 Å². The van der Waals surface area contributed by atoms with Crippen molar-refractivity contribution in [1.82, 2.24) is 34.2 Å². The second-order valence-electron chi connectivity index (χ2n) is 14.4. The Hall–Kier alpha value is -3.46. The van der Waals surface area contributed by atoms with Crippen LogP contribution in [0.4, 0.5) is 18.0 Å². The Balaban J connectivity index is 0.00000562. The molecule has 50 heavy (non-hydrogen) atoms. The van der Waals surface area contributed by atoms with Crippen LogP contribution in [0.1, 0.15) is 97.3 Å². The fourth-order valence-electron chi connectivity index (χ4n) is 6.02. The molecule has 4 heterocycles. The van der Waals surface area contributed by atoms with Crippen LogP contribution in [0.5, 0.6) is 5.88 Å². The molecule has 5 rings (SSSR count). The number of carbonyl (C=O) groups is 2. The smallest absolute Gasteiger partial charge is 0.410 e. The number of ether oxygens (including phenoxy) is 2. The normalized spacial score (nSPS) is 18.0. The van der Waals surface area contributed by atoms with Gasteiger partial charge in [0.25, 0.3) is 5.91 Å². The number of amides is 2. The molecule has 1 N–H and O–H groups in total. The lowest BCUT2D eigenvalue weighted by Crippen LogP contribution is -2.45. The molecule has 0 radical (unpaired) electrons. The Kier molecular flexibility index (Phi) is 12.1. The molecule has 1 aliphatic carbocycles. The number of nitrogens with zero attached hydrogens (tertiary/aromatic N) is 6. The standard InChI is InChI=1S/C33H43ClF3N7O4S.CH4/c1-30(2,3)48-29(46)43-20-22(18-31(43,4)5)8-6-7-15-42-21-23(19-38-42)49-41-28(45)24-9-10-25(39-27(24)34)44-16-11-26(40-44)47-17-14-32(12-13-32)33(35,36)37;/h9-11,16,19,21-22H,6-8,12-15,17-18,20H2,1-5H3,(H,41,45);1H4. The number of aryl methyl sites for hydroxylation is 1. The molecule has 1 unspecified atom stereocenters. The second-order valence-corrected chi connectivity index (χ2v) is 15.7.